The van der Waals surface area contributed by atoms with Crippen LogP contribution in [0.15, 0.2) is 107 Å². The SMILES string of the molecule is O=C1C(=C(c2ccccc2)c2ccccc2)N=C2C3=C(C=CCC3)C=CN12. The number of hydrogen-bond acceptors (Lipinski definition) is 2. The van der Waals surface area contributed by atoms with Crippen LogP contribution in [0.3, 0.4) is 0 Å². The van der Waals surface area contributed by atoms with Crippen LogP contribution >= 0.6 is 0 Å². The van der Waals surface area contributed by atoms with E-state index in [9.17, 15) is 4.79 Å². The predicted molar refractivity (Wildman–Crippen MR) is 108 cm³/mol. The Labute approximate surface area is 158 Å². The molecule has 3 nitrogen and oxygen atoms in total. The highest BCUT2D eigenvalue weighted by Crippen LogP contribution is 2.36. The maximum Gasteiger partial charge on any atom is 0.282 e. The van der Waals surface area contributed by atoms with Gasteiger partial charge in [0, 0.05) is 17.3 Å². The first-order chi connectivity index (χ1) is 13.3. The van der Waals surface area contributed by atoms with E-state index in [-0.39, 0.29) is 5.91 Å². The summed E-state index contributed by atoms with van der Waals surface area (Å²) in [5.41, 5.74) is 5.70. The van der Waals surface area contributed by atoms with Gasteiger partial charge in [0.2, 0.25) is 0 Å². The largest absolute Gasteiger partial charge is 0.282 e. The zero-order valence-electron chi connectivity index (χ0n) is 14.8. The minimum atomic E-state index is -0.0648. The normalized spacial score (nSPS) is 17.8. The lowest BCUT2D eigenvalue weighted by Crippen LogP contribution is -2.31. The van der Waals surface area contributed by atoms with E-state index in [0.717, 1.165) is 46.5 Å². The molecule has 2 aromatic rings. The first-order valence-electron chi connectivity index (χ1n) is 9.18. The van der Waals surface area contributed by atoms with E-state index >= 15 is 0 Å². The van der Waals surface area contributed by atoms with Crippen molar-refractivity contribution < 1.29 is 4.79 Å². The van der Waals surface area contributed by atoms with Crippen LogP contribution in [0.4, 0.5) is 0 Å². The number of amidine groups is 1. The minimum absolute atomic E-state index is 0.0648. The third kappa shape index (κ3) is 2.59. The molecule has 0 atom stereocenters. The second-order valence-corrected chi connectivity index (χ2v) is 6.76. The summed E-state index contributed by atoms with van der Waals surface area (Å²) >= 11 is 0. The number of carbonyl (C=O) groups excluding carboxylic acids is 1. The Bertz CT molecular complexity index is 1030. The fourth-order valence-corrected chi connectivity index (χ4v) is 3.82. The first-order valence-corrected chi connectivity index (χ1v) is 9.18. The molecule has 0 aromatic heterocycles. The van der Waals surface area contributed by atoms with E-state index in [1.165, 1.54) is 0 Å². The molecule has 2 aliphatic heterocycles. The van der Waals surface area contributed by atoms with Gasteiger partial charge in [0.05, 0.1) is 0 Å². The van der Waals surface area contributed by atoms with Crippen molar-refractivity contribution in [1.82, 2.24) is 4.90 Å². The molecule has 2 heterocycles. The van der Waals surface area contributed by atoms with Crippen molar-refractivity contribution in [2.24, 2.45) is 4.99 Å². The standard InChI is InChI=1S/C24H18N2O/c27-24-22(25-23-20-14-8-7-9-17(20)15-16-26(23)24)21(18-10-3-1-4-11-18)19-12-5-2-6-13-19/h1-7,9-13,15-16H,8,14H2. The summed E-state index contributed by atoms with van der Waals surface area (Å²) in [4.78, 5) is 19.8. The molecule has 130 valence electrons. The van der Waals surface area contributed by atoms with E-state index in [1.54, 1.807) is 4.90 Å². The highest BCUT2D eigenvalue weighted by Gasteiger charge is 2.36. The van der Waals surface area contributed by atoms with Crippen LogP contribution in [0, 0.1) is 0 Å². The second kappa shape index (κ2) is 6.36. The van der Waals surface area contributed by atoms with Gasteiger partial charge in [0.1, 0.15) is 11.5 Å². The van der Waals surface area contributed by atoms with Gasteiger partial charge in [-0.1, -0.05) is 72.8 Å². The summed E-state index contributed by atoms with van der Waals surface area (Å²) in [6.07, 6.45) is 10.0. The lowest BCUT2D eigenvalue weighted by atomic mass is 9.94. The molecule has 1 amide bonds. The smallest absolute Gasteiger partial charge is 0.266 e. The van der Waals surface area contributed by atoms with E-state index in [4.69, 9.17) is 4.99 Å². The molecule has 0 N–H and O–H groups in total. The number of amides is 1. The number of fused-ring (bicyclic) bond motifs is 2. The second-order valence-electron chi connectivity index (χ2n) is 6.76. The molecule has 27 heavy (non-hydrogen) atoms. The van der Waals surface area contributed by atoms with Crippen LogP contribution < -0.4 is 0 Å². The lowest BCUT2D eigenvalue weighted by molar-refractivity contribution is -0.120. The predicted octanol–water partition coefficient (Wildman–Crippen LogP) is 4.86. The lowest BCUT2D eigenvalue weighted by Gasteiger charge is -2.23. The van der Waals surface area contributed by atoms with Crippen LogP contribution in [-0.2, 0) is 4.79 Å². The quantitative estimate of drug-likeness (QED) is 0.712. The van der Waals surface area contributed by atoms with E-state index in [0.29, 0.717) is 5.70 Å². The van der Waals surface area contributed by atoms with Gasteiger partial charge in [-0.05, 0) is 35.6 Å². The number of aliphatic imine (C=N–C) groups is 1. The van der Waals surface area contributed by atoms with E-state index in [1.807, 2.05) is 72.9 Å². The Balaban J connectivity index is 1.74. The van der Waals surface area contributed by atoms with Crippen LogP contribution in [0.25, 0.3) is 5.57 Å². The Morgan fingerprint density at radius 3 is 2.22 bits per heavy atom. The molecule has 0 spiro atoms. The van der Waals surface area contributed by atoms with E-state index in [2.05, 4.69) is 12.2 Å². The number of carbonyl (C=O) groups is 1. The fraction of sp³-hybridized carbons (Fsp3) is 0.0833. The van der Waals surface area contributed by atoms with Crippen LogP contribution in [0.2, 0.25) is 0 Å². The number of hydrogen-bond donors (Lipinski definition) is 0. The van der Waals surface area contributed by atoms with Crippen molar-refractivity contribution in [2.45, 2.75) is 12.8 Å². The molecule has 3 heteroatoms. The van der Waals surface area contributed by atoms with Crippen molar-refractivity contribution in [3.8, 4) is 0 Å². The maximum atomic E-state index is 13.3. The highest BCUT2D eigenvalue weighted by molar-refractivity contribution is 6.23. The zero-order chi connectivity index (χ0) is 18.2. The average Bonchev–Trinajstić information content (AvgIpc) is 3.07. The van der Waals surface area contributed by atoms with E-state index < -0.39 is 0 Å². The third-order valence-corrected chi connectivity index (χ3v) is 5.11. The first kappa shape index (κ1) is 15.8. The summed E-state index contributed by atoms with van der Waals surface area (Å²) in [5.74, 6) is 0.714. The molecule has 2 aromatic carbocycles. The minimum Gasteiger partial charge on any atom is -0.266 e. The molecule has 0 unspecified atom stereocenters. The molecule has 0 saturated heterocycles. The monoisotopic (exact) mass is 350 g/mol. The zero-order valence-corrected chi connectivity index (χ0v) is 14.8. The van der Waals surface area contributed by atoms with Gasteiger partial charge in [0.15, 0.2) is 0 Å². The average molecular weight is 350 g/mol. The molecule has 0 radical (unpaired) electrons. The Kier molecular flexibility index (Phi) is 3.72. The molecule has 0 bridgehead atoms. The van der Waals surface area contributed by atoms with Crippen LogP contribution in [0.5, 0.6) is 0 Å². The maximum absolute atomic E-state index is 13.3. The Morgan fingerprint density at radius 1 is 0.889 bits per heavy atom. The van der Waals surface area contributed by atoms with Gasteiger partial charge < -0.3 is 0 Å². The van der Waals surface area contributed by atoms with Crippen molar-refractivity contribution in [3.63, 3.8) is 0 Å². The summed E-state index contributed by atoms with van der Waals surface area (Å²) in [5, 5.41) is 0. The van der Waals surface area contributed by atoms with Crippen LogP contribution in [-0.4, -0.2) is 16.6 Å². The molecule has 1 aliphatic carbocycles. The third-order valence-electron chi connectivity index (χ3n) is 5.11. The van der Waals surface area contributed by atoms with Crippen molar-refractivity contribution in [2.75, 3.05) is 0 Å². The van der Waals surface area contributed by atoms with Crippen molar-refractivity contribution in [3.05, 3.63) is 113 Å². The van der Waals surface area contributed by atoms with Gasteiger partial charge >= 0.3 is 0 Å². The summed E-state index contributed by atoms with van der Waals surface area (Å²) in [7, 11) is 0. The fourth-order valence-electron chi connectivity index (χ4n) is 3.82. The highest BCUT2D eigenvalue weighted by atomic mass is 16.2. The van der Waals surface area contributed by atoms with Gasteiger partial charge in [-0.3, -0.25) is 9.69 Å². The molecule has 0 fully saturated rings. The molecule has 3 aliphatic rings. The number of allylic oxidation sites excluding steroid dienone is 4. The van der Waals surface area contributed by atoms with Crippen molar-refractivity contribution >= 4 is 17.3 Å². The van der Waals surface area contributed by atoms with Gasteiger partial charge in [-0.15, -0.1) is 0 Å². The van der Waals surface area contributed by atoms with Gasteiger partial charge in [-0.2, -0.15) is 0 Å². The number of benzene rings is 2. The topological polar surface area (TPSA) is 32.7 Å². The van der Waals surface area contributed by atoms with Crippen LogP contribution in [0.1, 0.15) is 24.0 Å². The van der Waals surface area contributed by atoms with Crippen molar-refractivity contribution in [1.29, 1.82) is 0 Å². The number of nitrogens with zero attached hydrogens (tertiary/aromatic N) is 2. The Hall–Kier alpha value is -3.46. The molecule has 5 rings (SSSR count). The van der Waals surface area contributed by atoms with Gasteiger partial charge in [-0.25, -0.2) is 4.99 Å². The molecular formula is C24H18N2O. The summed E-state index contributed by atoms with van der Waals surface area (Å²) < 4.78 is 0. The Morgan fingerprint density at radius 2 is 1.56 bits per heavy atom. The number of rotatable bonds is 2. The molecular weight excluding hydrogens is 332 g/mol. The van der Waals surface area contributed by atoms with Gasteiger partial charge in [0.25, 0.3) is 5.91 Å². The summed E-state index contributed by atoms with van der Waals surface area (Å²) in [6, 6.07) is 20.1. The molecule has 0 saturated carbocycles. The summed E-state index contributed by atoms with van der Waals surface area (Å²) in [6.45, 7) is 0.